The maximum atomic E-state index is 12.7. The molecule has 0 N–H and O–H groups in total. The zero-order chi connectivity index (χ0) is 28.1. The van der Waals surface area contributed by atoms with Gasteiger partial charge in [0.15, 0.2) is 29.5 Å². The SMILES string of the molecule is COc1ccccc1OC(=O)C(C)Oc1cccc(O[C@H]2O[C@@H]3O[C@]4(C)CCC5[C@H](C)CCC([C@H]2C)[C@]53OO4)c1. The summed E-state index contributed by atoms with van der Waals surface area (Å²) in [6.45, 7) is 7.99. The van der Waals surface area contributed by atoms with Crippen molar-refractivity contribution >= 4 is 5.97 Å². The predicted molar refractivity (Wildman–Crippen MR) is 143 cm³/mol. The number of carbonyl (C=O) groups excluding carboxylic acids is 1. The van der Waals surface area contributed by atoms with Gasteiger partial charge < -0.3 is 28.4 Å². The van der Waals surface area contributed by atoms with Gasteiger partial charge in [0.2, 0.25) is 12.1 Å². The summed E-state index contributed by atoms with van der Waals surface area (Å²) in [5.74, 6) is 1.43. The first-order valence-electron chi connectivity index (χ1n) is 14.2. The zero-order valence-electron chi connectivity index (χ0n) is 23.7. The van der Waals surface area contributed by atoms with Gasteiger partial charge in [-0.1, -0.05) is 32.0 Å². The molecule has 9 atom stereocenters. The van der Waals surface area contributed by atoms with Crippen LogP contribution >= 0.6 is 0 Å². The fraction of sp³-hybridized carbons (Fsp3) is 0.581. The van der Waals surface area contributed by atoms with E-state index in [1.54, 1.807) is 43.3 Å². The van der Waals surface area contributed by atoms with E-state index in [2.05, 4.69) is 13.8 Å². The molecular formula is C31H38O9. The number of para-hydroxylation sites is 2. The number of carbonyl (C=O) groups is 1. The Morgan fingerprint density at radius 1 is 0.975 bits per heavy atom. The average Bonchev–Trinajstić information content (AvgIpc) is 3.17. The van der Waals surface area contributed by atoms with Crippen LogP contribution in [0.15, 0.2) is 48.5 Å². The number of esters is 1. The van der Waals surface area contributed by atoms with Gasteiger partial charge in [0.25, 0.3) is 0 Å². The monoisotopic (exact) mass is 554 g/mol. The highest BCUT2D eigenvalue weighted by Crippen LogP contribution is 2.60. The topological polar surface area (TPSA) is 90.9 Å². The zero-order valence-corrected chi connectivity index (χ0v) is 23.7. The Bertz CT molecular complexity index is 1230. The molecule has 9 heteroatoms. The molecule has 1 aliphatic carbocycles. The minimum atomic E-state index is -0.862. The molecule has 0 aromatic heterocycles. The molecule has 2 aromatic rings. The number of hydrogen-bond donors (Lipinski definition) is 0. The van der Waals surface area contributed by atoms with Crippen LogP contribution in [0.3, 0.4) is 0 Å². The highest BCUT2D eigenvalue weighted by Gasteiger charge is 2.69. The van der Waals surface area contributed by atoms with Crippen molar-refractivity contribution in [3.63, 3.8) is 0 Å². The molecule has 2 aromatic carbocycles. The number of fused-ring (bicyclic) bond motifs is 2. The quantitative estimate of drug-likeness (QED) is 0.244. The second-order valence-corrected chi connectivity index (χ2v) is 11.7. The lowest BCUT2D eigenvalue weighted by Gasteiger charge is -2.60. The van der Waals surface area contributed by atoms with Gasteiger partial charge in [0, 0.05) is 24.3 Å². The van der Waals surface area contributed by atoms with E-state index in [-0.39, 0.29) is 17.8 Å². The van der Waals surface area contributed by atoms with Crippen LogP contribution in [0.1, 0.15) is 53.4 Å². The Hall–Kier alpha value is -2.85. The molecule has 4 saturated heterocycles. The molecule has 4 aliphatic heterocycles. The third-order valence-electron chi connectivity index (χ3n) is 9.08. The molecule has 3 unspecified atom stereocenters. The normalized spacial score (nSPS) is 37.0. The lowest BCUT2D eigenvalue weighted by Crippen LogP contribution is -2.70. The summed E-state index contributed by atoms with van der Waals surface area (Å²) >= 11 is 0. The maximum absolute atomic E-state index is 12.7. The van der Waals surface area contributed by atoms with Gasteiger partial charge in [-0.3, -0.25) is 0 Å². The van der Waals surface area contributed by atoms with E-state index in [0.29, 0.717) is 28.9 Å². The van der Waals surface area contributed by atoms with Crippen LogP contribution in [0.2, 0.25) is 0 Å². The predicted octanol–water partition coefficient (Wildman–Crippen LogP) is 5.65. The fourth-order valence-corrected chi connectivity index (χ4v) is 6.91. The fourth-order valence-electron chi connectivity index (χ4n) is 6.91. The number of hydrogen-bond acceptors (Lipinski definition) is 9. The molecule has 40 heavy (non-hydrogen) atoms. The van der Waals surface area contributed by atoms with Crippen molar-refractivity contribution in [2.24, 2.45) is 23.7 Å². The Morgan fingerprint density at radius 3 is 2.55 bits per heavy atom. The lowest BCUT2D eigenvalue weighted by atomic mass is 9.58. The van der Waals surface area contributed by atoms with Crippen LogP contribution in [-0.4, -0.2) is 43.2 Å². The number of methoxy groups -OCH3 is 1. The summed E-state index contributed by atoms with van der Waals surface area (Å²) in [6.07, 6.45) is 1.83. The molecule has 216 valence electrons. The highest BCUT2D eigenvalue weighted by molar-refractivity contribution is 5.77. The Balaban J connectivity index is 1.16. The molecule has 7 rings (SSSR count). The minimum absolute atomic E-state index is 0.0280. The van der Waals surface area contributed by atoms with Crippen LogP contribution in [-0.2, 0) is 24.0 Å². The minimum Gasteiger partial charge on any atom is -0.493 e. The van der Waals surface area contributed by atoms with Gasteiger partial charge in [-0.05, 0) is 69.2 Å². The lowest BCUT2D eigenvalue weighted by molar-refractivity contribution is -0.575. The molecule has 2 bridgehead atoms. The molecular weight excluding hydrogens is 516 g/mol. The molecule has 0 amide bonds. The van der Waals surface area contributed by atoms with Crippen LogP contribution in [0, 0.1) is 23.7 Å². The summed E-state index contributed by atoms with van der Waals surface area (Å²) < 4.78 is 36.0. The van der Waals surface area contributed by atoms with Gasteiger partial charge in [-0.15, -0.1) is 0 Å². The van der Waals surface area contributed by atoms with Crippen molar-refractivity contribution in [1.29, 1.82) is 0 Å². The number of ether oxygens (including phenoxy) is 6. The molecule has 5 aliphatic rings. The molecule has 5 fully saturated rings. The number of rotatable bonds is 7. The van der Waals surface area contributed by atoms with Crippen molar-refractivity contribution in [2.45, 2.75) is 83.5 Å². The Labute approximate surface area is 234 Å². The standard InChI is InChI=1S/C31H38O9/c1-18-13-14-24-19(2)28(37-29-31(24)23(18)15-16-30(4,38-29)39-40-31)35-22-10-8-9-21(17-22)34-20(3)27(32)36-26-12-7-6-11-25(26)33-5/h6-12,17-20,23-24,28-29H,13-16H2,1-5H3/t18-,19-,20?,23?,24?,28+,29-,30+,31-/m1/s1. The van der Waals surface area contributed by atoms with Crippen molar-refractivity contribution < 1.29 is 43.0 Å². The largest absolute Gasteiger partial charge is 0.493 e. The highest BCUT2D eigenvalue weighted by atomic mass is 17.3. The first-order valence-corrected chi connectivity index (χ1v) is 14.2. The number of benzene rings is 2. The van der Waals surface area contributed by atoms with Gasteiger partial charge in [0.1, 0.15) is 11.5 Å². The molecule has 0 radical (unpaired) electrons. The summed E-state index contributed by atoms with van der Waals surface area (Å²) in [4.78, 5) is 24.8. The second-order valence-electron chi connectivity index (χ2n) is 11.7. The molecule has 1 saturated carbocycles. The van der Waals surface area contributed by atoms with Gasteiger partial charge in [0.05, 0.1) is 7.11 Å². The summed E-state index contributed by atoms with van der Waals surface area (Å²) in [5.41, 5.74) is -0.644. The van der Waals surface area contributed by atoms with E-state index in [1.807, 2.05) is 19.1 Å². The van der Waals surface area contributed by atoms with E-state index in [1.165, 1.54) is 7.11 Å². The van der Waals surface area contributed by atoms with Crippen molar-refractivity contribution in [1.82, 2.24) is 0 Å². The van der Waals surface area contributed by atoms with E-state index in [0.717, 1.165) is 25.7 Å². The smallest absolute Gasteiger partial charge is 0.352 e. The Morgan fingerprint density at radius 2 is 1.75 bits per heavy atom. The van der Waals surface area contributed by atoms with Gasteiger partial charge in [-0.2, -0.15) is 0 Å². The van der Waals surface area contributed by atoms with Crippen LogP contribution in [0.4, 0.5) is 0 Å². The first kappa shape index (κ1) is 27.3. The third kappa shape index (κ3) is 4.72. The van der Waals surface area contributed by atoms with Crippen LogP contribution < -0.4 is 18.9 Å². The van der Waals surface area contributed by atoms with Crippen molar-refractivity contribution in [3.05, 3.63) is 48.5 Å². The molecule has 9 nitrogen and oxygen atoms in total. The van der Waals surface area contributed by atoms with Gasteiger partial charge in [-0.25, -0.2) is 14.6 Å². The van der Waals surface area contributed by atoms with Crippen LogP contribution in [0.5, 0.6) is 23.0 Å². The van der Waals surface area contributed by atoms with E-state index >= 15 is 0 Å². The third-order valence-corrected chi connectivity index (χ3v) is 9.08. The summed E-state index contributed by atoms with van der Waals surface area (Å²) in [7, 11) is 1.52. The van der Waals surface area contributed by atoms with Crippen molar-refractivity contribution in [2.75, 3.05) is 7.11 Å². The Kier molecular flexibility index (Phi) is 7.19. The van der Waals surface area contributed by atoms with E-state index in [9.17, 15) is 4.79 Å². The second kappa shape index (κ2) is 10.5. The first-order chi connectivity index (χ1) is 19.2. The summed E-state index contributed by atoms with van der Waals surface area (Å²) in [5, 5.41) is 0. The molecule has 1 spiro atoms. The maximum Gasteiger partial charge on any atom is 0.352 e. The summed E-state index contributed by atoms with van der Waals surface area (Å²) in [6, 6.07) is 14.2. The van der Waals surface area contributed by atoms with Gasteiger partial charge >= 0.3 is 5.97 Å². The van der Waals surface area contributed by atoms with Crippen LogP contribution in [0.25, 0.3) is 0 Å². The molecule has 4 heterocycles. The van der Waals surface area contributed by atoms with E-state index < -0.39 is 36.0 Å². The van der Waals surface area contributed by atoms with E-state index in [4.69, 9.17) is 38.2 Å². The van der Waals surface area contributed by atoms with Crippen molar-refractivity contribution in [3.8, 4) is 23.0 Å². The average molecular weight is 555 g/mol.